The number of amides is 2. The lowest BCUT2D eigenvalue weighted by atomic mass is 10.0. The first-order valence-corrected chi connectivity index (χ1v) is 11.7. The van der Waals surface area contributed by atoms with Gasteiger partial charge in [-0.1, -0.05) is 6.07 Å². The number of nitrogens with zero attached hydrogens (tertiary/aromatic N) is 3. The van der Waals surface area contributed by atoms with Crippen LogP contribution < -0.4 is 10.2 Å². The number of carbonyl (C=O) groups is 2. The van der Waals surface area contributed by atoms with Gasteiger partial charge in [0, 0.05) is 49.8 Å². The van der Waals surface area contributed by atoms with E-state index in [0.717, 1.165) is 50.5 Å². The largest absolute Gasteiger partial charge is 0.444 e. The van der Waals surface area contributed by atoms with E-state index in [4.69, 9.17) is 9.47 Å². The summed E-state index contributed by atoms with van der Waals surface area (Å²) < 4.78 is 13.0. The number of nitrogens with one attached hydrogen (secondary N) is 1. The lowest BCUT2D eigenvalue weighted by Crippen LogP contribution is -2.42. The Morgan fingerprint density at radius 2 is 1.76 bits per heavy atom. The summed E-state index contributed by atoms with van der Waals surface area (Å²) in [6.07, 6.45) is 3.24. The number of hydrogen-bond donors (Lipinski definition) is 1. The molecule has 1 aromatic heterocycles. The smallest absolute Gasteiger partial charge is 0.410 e. The third-order valence-corrected chi connectivity index (χ3v) is 6.00. The van der Waals surface area contributed by atoms with Crippen LogP contribution in [0.15, 0.2) is 42.6 Å². The predicted octanol–water partition coefficient (Wildman–Crippen LogP) is 4.15. The van der Waals surface area contributed by atoms with Crippen LogP contribution >= 0.6 is 0 Å². The summed E-state index contributed by atoms with van der Waals surface area (Å²) in [5.41, 5.74) is 1.98. The average Bonchev–Trinajstić information content (AvgIpc) is 3.29. The molecule has 2 amide bonds. The molecule has 8 nitrogen and oxygen atoms in total. The molecule has 178 valence electrons. The summed E-state index contributed by atoms with van der Waals surface area (Å²) in [4.78, 5) is 29.5. The van der Waals surface area contributed by atoms with Gasteiger partial charge in [0.2, 0.25) is 0 Å². The Bertz CT molecular complexity index is 967. The molecule has 1 N–H and O–H groups in total. The second-order valence-electron chi connectivity index (χ2n) is 9.60. The minimum absolute atomic E-state index is 0.131. The van der Waals surface area contributed by atoms with Crippen LogP contribution in [0, 0.1) is 0 Å². The molecule has 0 radical (unpaired) electrons. The van der Waals surface area contributed by atoms with Gasteiger partial charge in [0.25, 0.3) is 5.91 Å². The lowest BCUT2D eigenvalue weighted by molar-refractivity contribution is 0.0187. The van der Waals surface area contributed by atoms with Crippen molar-refractivity contribution in [2.75, 3.05) is 49.6 Å². The second kappa shape index (κ2) is 9.87. The van der Waals surface area contributed by atoms with Crippen LogP contribution in [0.1, 0.15) is 50.1 Å². The number of hydrogen-bond acceptors (Lipinski definition) is 5. The van der Waals surface area contributed by atoms with Crippen molar-refractivity contribution < 1.29 is 19.1 Å². The number of anilines is 2. The van der Waals surface area contributed by atoms with E-state index in [0.29, 0.717) is 18.8 Å². The van der Waals surface area contributed by atoms with Crippen molar-refractivity contribution in [2.24, 2.45) is 0 Å². The number of piperidine rings is 1. The van der Waals surface area contributed by atoms with Gasteiger partial charge in [-0.05, 0) is 63.9 Å². The molecule has 33 heavy (non-hydrogen) atoms. The van der Waals surface area contributed by atoms with Gasteiger partial charge >= 0.3 is 6.09 Å². The van der Waals surface area contributed by atoms with Crippen molar-refractivity contribution in [1.82, 2.24) is 9.47 Å². The van der Waals surface area contributed by atoms with Crippen LogP contribution in [0.3, 0.4) is 0 Å². The molecule has 0 aliphatic carbocycles. The minimum Gasteiger partial charge on any atom is -0.444 e. The van der Waals surface area contributed by atoms with Gasteiger partial charge in [-0.15, -0.1) is 0 Å². The van der Waals surface area contributed by atoms with Crippen LogP contribution in [0.25, 0.3) is 0 Å². The highest BCUT2D eigenvalue weighted by Gasteiger charge is 2.28. The Morgan fingerprint density at radius 3 is 2.45 bits per heavy atom. The van der Waals surface area contributed by atoms with Gasteiger partial charge < -0.3 is 29.2 Å². The monoisotopic (exact) mass is 454 g/mol. The van der Waals surface area contributed by atoms with Gasteiger partial charge in [-0.2, -0.15) is 0 Å². The van der Waals surface area contributed by atoms with E-state index < -0.39 is 5.60 Å². The Kier molecular flexibility index (Phi) is 6.93. The first-order valence-electron chi connectivity index (χ1n) is 11.7. The molecule has 2 aromatic rings. The highest BCUT2D eigenvalue weighted by molar-refractivity contribution is 6.03. The molecule has 0 saturated carbocycles. The second-order valence-corrected chi connectivity index (χ2v) is 9.60. The molecule has 3 heterocycles. The summed E-state index contributed by atoms with van der Waals surface area (Å²) in [6, 6.07) is 11.9. The van der Waals surface area contributed by atoms with E-state index in [9.17, 15) is 9.59 Å². The normalized spacial score (nSPS) is 17.7. The van der Waals surface area contributed by atoms with Crippen LogP contribution in [0.4, 0.5) is 16.2 Å². The van der Waals surface area contributed by atoms with Crippen molar-refractivity contribution in [2.45, 2.75) is 45.3 Å². The third-order valence-electron chi connectivity index (χ3n) is 6.00. The fourth-order valence-electron chi connectivity index (χ4n) is 4.35. The highest BCUT2D eigenvalue weighted by Crippen LogP contribution is 2.27. The zero-order valence-corrected chi connectivity index (χ0v) is 19.8. The highest BCUT2D eigenvalue weighted by atomic mass is 16.6. The molecule has 2 aliphatic heterocycles. The fraction of sp³-hybridized carbons (Fsp3) is 0.520. The molecule has 2 saturated heterocycles. The van der Waals surface area contributed by atoms with E-state index in [2.05, 4.69) is 16.3 Å². The van der Waals surface area contributed by atoms with Crippen molar-refractivity contribution >= 4 is 23.4 Å². The molecule has 0 bridgehead atoms. The van der Waals surface area contributed by atoms with Gasteiger partial charge in [0.1, 0.15) is 11.3 Å². The maximum Gasteiger partial charge on any atom is 0.410 e. The van der Waals surface area contributed by atoms with Crippen LogP contribution in [-0.2, 0) is 9.47 Å². The molecule has 2 aliphatic rings. The van der Waals surface area contributed by atoms with E-state index >= 15 is 0 Å². The SMILES string of the molecule is CC(C)(C)OC(=O)N1CCC(n2cccc2C(=O)Nc2cccc(N3CCOCC3)c2)CC1. The van der Waals surface area contributed by atoms with Crippen molar-refractivity contribution in [3.8, 4) is 0 Å². The Morgan fingerprint density at radius 1 is 1.03 bits per heavy atom. The average molecular weight is 455 g/mol. The van der Waals surface area contributed by atoms with E-state index in [1.54, 1.807) is 4.90 Å². The summed E-state index contributed by atoms with van der Waals surface area (Å²) in [6.45, 7) is 9.98. The van der Waals surface area contributed by atoms with E-state index in [-0.39, 0.29) is 18.0 Å². The van der Waals surface area contributed by atoms with Crippen molar-refractivity contribution in [3.05, 3.63) is 48.3 Å². The van der Waals surface area contributed by atoms with Crippen LogP contribution in [0.5, 0.6) is 0 Å². The van der Waals surface area contributed by atoms with Gasteiger partial charge in [0.05, 0.1) is 13.2 Å². The van der Waals surface area contributed by atoms with E-state index in [1.807, 2.05) is 61.9 Å². The molecule has 0 spiro atoms. The summed E-state index contributed by atoms with van der Waals surface area (Å²) in [5, 5.41) is 3.05. The molecular weight excluding hydrogens is 420 g/mol. The number of aromatic nitrogens is 1. The van der Waals surface area contributed by atoms with Crippen LogP contribution in [0.2, 0.25) is 0 Å². The summed E-state index contributed by atoms with van der Waals surface area (Å²) >= 11 is 0. The zero-order valence-electron chi connectivity index (χ0n) is 19.8. The number of likely N-dealkylation sites (tertiary alicyclic amines) is 1. The Balaban J connectivity index is 1.38. The number of morpholine rings is 1. The number of benzene rings is 1. The molecule has 2 fully saturated rings. The Hall–Kier alpha value is -3.00. The molecular formula is C25H34N4O4. The third kappa shape index (κ3) is 5.87. The van der Waals surface area contributed by atoms with Gasteiger partial charge in [-0.25, -0.2) is 4.79 Å². The van der Waals surface area contributed by atoms with Crippen molar-refractivity contribution in [1.29, 1.82) is 0 Å². The molecule has 8 heteroatoms. The first kappa shape index (κ1) is 23.2. The maximum atomic E-state index is 13.1. The minimum atomic E-state index is -0.501. The zero-order chi connectivity index (χ0) is 23.4. The number of rotatable bonds is 4. The summed E-state index contributed by atoms with van der Waals surface area (Å²) in [7, 11) is 0. The number of carbonyl (C=O) groups excluding carboxylic acids is 2. The lowest BCUT2D eigenvalue weighted by Gasteiger charge is -2.34. The van der Waals surface area contributed by atoms with Crippen molar-refractivity contribution in [3.63, 3.8) is 0 Å². The first-order chi connectivity index (χ1) is 15.8. The van der Waals surface area contributed by atoms with E-state index in [1.165, 1.54) is 0 Å². The molecule has 0 atom stereocenters. The Labute approximate surface area is 195 Å². The molecule has 0 unspecified atom stereocenters. The topological polar surface area (TPSA) is 76.0 Å². The van der Waals surface area contributed by atoms with Gasteiger partial charge in [-0.3, -0.25) is 4.79 Å². The predicted molar refractivity (Wildman–Crippen MR) is 128 cm³/mol. The molecule has 4 rings (SSSR count). The fourth-order valence-corrected chi connectivity index (χ4v) is 4.35. The quantitative estimate of drug-likeness (QED) is 0.751. The maximum absolute atomic E-state index is 13.1. The summed E-state index contributed by atoms with van der Waals surface area (Å²) in [5.74, 6) is -0.131. The van der Waals surface area contributed by atoms with Crippen LogP contribution in [-0.4, -0.2) is 66.5 Å². The number of ether oxygens (including phenoxy) is 2. The standard InChI is InChI=1S/C25H34N4O4/c1-25(2,3)33-24(31)28-12-9-20(10-13-28)29-11-5-8-22(29)23(30)26-19-6-4-7-21(18-19)27-14-16-32-17-15-27/h4-8,11,18,20H,9-10,12-17H2,1-3H3,(H,26,30). The molecule has 1 aromatic carbocycles. The van der Waals surface area contributed by atoms with Gasteiger partial charge in [0.15, 0.2) is 0 Å².